The molecule has 1 aliphatic rings. The molecule has 22 heavy (non-hydrogen) atoms. The molecule has 2 aromatic heterocycles. The van der Waals surface area contributed by atoms with Gasteiger partial charge in [-0.1, -0.05) is 11.6 Å². The van der Waals surface area contributed by atoms with E-state index in [2.05, 4.69) is 16.0 Å². The Balaban J connectivity index is 1.52. The minimum absolute atomic E-state index is 0.164. The normalized spacial score (nSPS) is 17.6. The van der Waals surface area contributed by atoms with Crippen LogP contribution in [0.15, 0.2) is 30.9 Å². The van der Waals surface area contributed by atoms with Gasteiger partial charge in [0.25, 0.3) is 0 Å². The van der Waals surface area contributed by atoms with Crippen molar-refractivity contribution in [2.24, 2.45) is 0 Å². The molecule has 0 aliphatic carbocycles. The summed E-state index contributed by atoms with van der Waals surface area (Å²) in [7, 11) is 0. The van der Waals surface area contributed by atoms with Crippen molar-refractivity contribution in [3.05, 3.63) is 40.1 Å². The van der Waals surface area contributed by atoms with Gasteiger partial charge in [-0.2, -0.15) is 0 Å². The van der Waals surface area contributed by atoms with Gasteiger partial charge in [0.05, 0.1) is 10.7 Å². The topological polar surface area (TPSA) is 41.4 Å². The first kappa shape index (κ1) is 15.5. The van der Waals surface area contributed by atoms with Gasteiger partial charge in [0.15, 0.2) is 0 Å². The van der Waals surface area contributed by atoms with E-state index in [-0.39, 0.29) is 11.9 Å². The molecule has 1 amide bonds. The van der Waals surface area contributed by atoms with Crippen LogP contribution in [0.3, 0.4) is 0 Å². The van der Waals surface area contributed by atoms with E-state index in [0.29, 0.717) is 0 Å². The Morgan fingerprint density at radius 2 is 2.14 bits per heavy atom. The number of imidazole rings is 1. The molecule has 0 N–H and O–H groups in total. The predicted molar refractivity (Wildman–Crippen MR) is 88.1 cm³/mol. The van der Waals surface area contributed by atoms with Crippen LogP contribution in [0.4, 0.5) is 0 Å². The Morgan fingerprint density at radius 3 is 2.73 bits per heavy atom. The molecule has 7 heteroatoms. The molecule has 0 radical (unpaired) electrons. The standard InChI is InChI=1S/C15H19ClN4OS/c1-12(20-5-4-17-11-20)15(21)19-8-6-18(7-9-19)10-13-2-3-14(16)22-13/h2-5,11-12H,6-10H2,1H3/t12-/m0/s1. The fraction of sp³-hybridized carbons (Fsp3) is 0.467. The molecule has 1 aliphatic heterocycles. The maximum absolute atomic E-state index is 12.5. The summed E-state index contributed by atoms with van der Waals surface area (Å²) in [6, 6.07) is 3.82. The van der Waals surface area contributed by atoms with E-state index in [1.54, 1.807) is 23.9 Å². The maximum atomic E-state index is 12.5. The molecule has 0 spiro atoms. The van der Waals surface area contributed by atoms with Crippen LogP contribution in [0.1, 0.15) is 17.8 Å². The molecule has 2 aromatic rings. The Morgan fingerprint density at radius 1 is 1.36 bits per heavy atom. The fourth-order valence-corrected chi connectivity index (χ4v) is 3.80. The molecule has 0 bridgehead atoms. The van der Waals surface area contributed by atoms with Gasteiger partial charge in [-0.25, -0.2) is 4.98 Å². The second kappa shape index (κ2) is 6.81. The third-order valence-electron chi connectivity index (χ3n) is 4.02. The van der Waals surface area contributed by atoms with Crippen molar-refractivity contribution in [3.63, 3.8) is 0 Å². The zero-order valence-electron chi connectivity index (χ0n) is 12.5. The van der Waals surface area contributed by atoms with E-state index in [9.17, 15) is 4.79 Å². The van der Waals surface area contributed by atoms with Gasteiger partial charge in [0.2, 0.25) is 5.91 Å². The lowest BCUT2D eigenvalue weighted by molar-refractivity contribution is -0.136. The molecule has 1 fully saturated rings. The van der Waals surface area contributed by atoms with Crippen LogP contribution >= 0.6 is 22.9 Å². The summed E-state index contributed by atoms with van der Waals surface area (Å²) in [4.78, 5) is 22.1. The monoisotopic (exact) mass is 338 g/mol. The van der Waals surface area contributed by atoms with Crippen LogP contribution < -0.4 is 0 Å². The van der Waals surface area contributed by atoms with Gasteiger partial charge >= 0.3 is 0 Å². The highest BCUT2D eigenvalue weighted by atomic mass is 35.5. The van der Waals surface area contributed by atoms with Gasteiger partial charge in [-0.3, -0.25) is 9.69 Å². The minimum atomic E-state index is -0.190. The van der Waals surface area contributed by atoms with Crippen molar-refractivity contribution in [3.8, 4) is 0 Å². The van der Waals surface area contributed by atoms with Gasteiger partial charge in [-0.05, 0) is 19.1 Å². The number of nitrogens with zero attached hydrogens (tertiary/aromatic N) is 4. The summed E-state index contributed by atoms with van der Waals surface area (Å²) in [6.07, 6.45) is 5.23. The van der Waals surface area contributed by atoms with Gasteiger partial charge in [-0.15, -0.1) is 11.3 Å². The number of thiophene rings is 1. The lowest BCUT2D eigenvalue weighted by Gasteiger charge is -2.35. The van der Waals surface area contributed by atoms with E-state index in [4.69, 9.17) is 11.6 Å². The average Bonchev–Trinajstić information content (AvgIpc) is 3.18. The lowest BCUT2D eigenvalue weighted by Crippen LogP contribution is -2.49. The smallest absolute Gasteiger partial charge is 0.245 e. The minimum Gasteiger partial charge on any atom is -0.338 e. The van der Waals surface area contributed by atoms with Gasteiger partial charge in [0.1, 0.15) is 6.04 Å². The Kier molecular flexibility index (Phi) is 4.81. The highest BCUT2D eigenvalue weighted by molar-refractivity contribution is 7.16. The maximum Gasteiger partial charge on any atom is 0.245 e. The summed E-state index contributed by atoms with van der Waals surface area (Å²) in [6.45, 7) is 6.18. The van der Waals surface area contributed by atoms with E-state index in [0.717, 1.165) is 37.1 Å². The number of rotatable bonds is 4. The molecule has 0 saturated carbocycles. The zero-order chi connectivity index (χ0) is 15.5. The van der Waals surface area contributed by atoms with Crippen LogP contribution in [-0.2, 0) is 11.3 Å². The first-order valence-corrected chi connectivity index (χ1v) is 8.56. The van der Waals surface area contributed by atoms with Crippen LogP contribution in [-0.4, -0.2) is 51.4 Å². The molecule has 3 rings (SSSR count). The summed E-state index contributed by atoms with van der Waals surface area (Å²) >= 11 is 7.59. The van der Waals surface area contributed by atoms with Crippen molar-refractivity contribution in [2.75, 3.05) is 26.2 Å². The summed E-state index contributed by atoms with van der Waals surface area (Å²) in [5, 5.41) is 0. The van der Waals surface area contributed by atoms with Crippen molar-refractivity contribution in [1.29, 1.82) is 0 Å². The number of piperazine rings is 1. The number of carbonyl (C=O) groups is 1. The second-order valence-corrected chi connectivity index (χ2v) is 7.29. The molecule has 0 aromatic carbocycles. The molecule has 3 heterocycles. The van der Waals surface area contributed by atoms with Crippen LogP contribution in [0.2, 0.25) is 4.34 Å². The number of halogens is 1. The molecule has 5 nitrogen and oxygen atoms in total. The Bertz CT molecular complexity index is 619. The molecule has 1 atom stereocenters. The number of hydrogen-bond donors (Lipinski definition) is 0. The molecule has 1 saturated heterocycles. The SMILES string of the molecule is C[C@@H](C(=O)N1CCN(Cc2ccc(Cl)s2)CC1)n1ccnc1. The number of carbonyl (C=O) groups excluding carboxylic acids is 1. The molecular formula is C15H19ClN4OS. The summed E-state index contributed by atoms with van der Waals surface area (Å²) < 4.78 is 2.68. The fourth-order valence-electron chi connectivity index (χ4n) is 2.67. The highest BCUT2D eigenvalue weighted by Gasteiger charge is 2.25. The van der Waals surface area contributed by atoms with Gasteiger partial charge in [0, 0.05) is 50.0 Å². The van der Waals surface area contributed by atoms with Crippen LogP contribution in [0, 0.1) is 0 Å². The van der Waals surface area contributed by atoms with Crippen molar-refractivity contribution in [2.45, 2.75) is 19.5 Å². The third-order valence-corrected chi connectivity index (χ3v) is 5.24. The van der Waals surface area contributed by atoms with Gasteiger partial charge < -0.3 is 9.47 Å². The van der Waals surface area contributed by atoms with Crippen LogP contribution in [0.5, 0.6) is 0 Å². The average molecular weight is 339 g/mol. The van der Waals surface area contributed by atoms with Crippen LogP contribution in [0.25, 0.3) is 0 Å². The van der Waals surface area contributed by atoms with Crippen molar-refractivity contribution in [1.82, 2.24) is 19.4 Å². The second-order valence-electron chi connectivity index (χ2n) is 5.49. The molecular weight excluding hydrogens is 320 g/mol. The third kappa shape index (κ3) is 3.51. The van der Waals surface area contributed by atoms with Crippen molar-refractivity contribution >= 4 is 28.8 Å². The van der Waals surface area contributed by atoms with E-state index in [1.807, 2.05) is 28.7 Å². The molecule has 118 valence electrons. The van der Waals surface area contributed by atoms with E-state index < -0.39 is 0 Å². The Labute approximate surface area is 139 Å². The Hall–Kier alpha value is -1.37. The number of amides is 1. The lowest BCUT2D eigenvalue weighted by atomic mass is 10.2. The number of hydrogen-bond acceptors (Lipinski definition) is 4. The molecule has 0 unspecified atom stereocenters. The quantitative estimate of drug-likeness (QED) is 0.860. The number of aromatic nitrogens is 2. The van der Waals surface area contributed by atoms with E-state index in [1.165, 1.54) is 4.88 Å². The first-order valence-electron chi connectivity index (χ1n) is 7.36. The first-order chi connectivity index (χ1) is 10.6. The van der Waals surface area contributed by atoms with Crippen molar-refractivity contribution < 1.29 is 4.79 Å². The zero-order valence-corrected chi connectivity index (χ0v) is 14.1. The predicted octanol–water partition coefficient (Wildman–Crippen LogP) is 2.50. The largest absolute Gasteiger partial charge is 0.338 e. The highest BCUT2D eigenvalue weighted by Crippen LogP contribution is 2.23. The van der Waals surface area contributed by atoms with E-state index >= 15 is 0 Å². The summed E-state index contributed by atoms with van der Waals surface area (Å²) in [5.41, 5.74) is 0. The summed E-state index contributed by atoms with van der Waals surface area (Å²) in [5.74, 6) is 0.164.